The normalized spacial score (nSPS) is 20.5. The number of benzene rings is 1. The number of likely N-dealkylation sites (tertiary alicyclic amines) is 1. The van der Waals surface area contributed by atoms with Gasteiger partial charge in [-0.1, -0.05) is 11.8 Å². The molecule has 1 aliphatic heterocycles. The Morgan fingerprint density at radius 3 is 2.47 bits per heavy atom. The van der Waals surface area contributed by atoms with Crippen molar-refractivity contribution >= 4 is 40.9 Å². The van der Waals surface area contributed by atoms with Crippen molar-refractivity contribution < 1.29 is 28.8 Å². The Balaban J connectivity index is 2.17. The van der Waals surface area contributed by atoms with Crippen LogP contribution in [0, 0.1) is 10.1 Å². The molecule has 0 unspecified atom stereocenters. The minimum atomic E-state index is -1.40. The number of hydrogen-bond donors (Lipinski definition) is 0. The second-order valence-corrected chi connectivity index (χ2v) is 8.69. The van der Waals surface area contributed by atoms with E-state index in [2.05, 4.69) is 0 Å². The smallest absolute Gasteiger partial charge is 0.410 e. The molecule has 1 aromatic rings. The van der Waals surface area contributed by atoms with Crippen LogP contribution >= 0.6 is 11.8 Å². The van der Waals surface area contributed by atoms with Crippen molar-refractivity contribution in [3.63, 3.8) is 0 Å². The number of nitro groups is 1. The number of nitro benzene ring substituents is 1. The van der Waals surface area contributed by atoms with E-state index in [1.165, 1.54) is 41.0 Å². The van der Waals surface area contributed by atoms with Gasteiger partial charge in [0.1, 0.15) is 18.4 Å². The van der Waals surface area contributed by atoms with E-state index in [0.717, 1.165) is 11.8 Å². The molecule has 2 rings (SSSR count). The lowest BCUT2D eigenvalue weighted by Gasteiger charge is -2.33. The molecule has 0 spiro atoms. The summed E-state index contributed by atoms with van der Waals surface area (Å²) in [7, 11) is 3.10. The minimum absolute atomic E-state index is 0.0861. The highest BCUT2D eigenvalue weighted by Gasteiger charge is 2.50. The van der Waals surface area contributed by atoms with E-state index in [9.17, 15) is 29.3 Å². The predicted octanol–water partition coefficient (Wildman–Crippen LogP) is 2.00. The van der Waals surface area contributed by atoms with Gasteiger partial charge in [0.25, 0.3) is 5.69 Å². The zero-order valence-corrected chi connectivity index (χ0v) is 17.7. The predicted molar refractivity (Wildman–Crippen MR) is 109 cm³/mol. The van der Waals surface area contributed by atoms with Crippen molar-refractivity contribution in [3.05, 3.63) is 39.9 Å². The molecule has 0 aromatic heterocycles. The highest BCUT2D eigenvalue weighted by Crippen LogP contribution is 2.38. The summed E-state index contributed by atoms with van der Waals surface area (Å²) in [5, 5.41) is 10.2. The largest absolute Gasteiger partial charge is 0.445 e. The van der Waals surface area contributed by atoms with Gasteiger partial charge in [0, 0.05) is 44.9 Å². The van der Waals surface area contributed by atoms with Gasteiger partial charge in [0.2, 0.25) is 5.91 Å². The SMILES string of the molecule is CC(=O)S[C@@H]1CN(C(=O)OCc2ccc([N+](=O)[O-])cc2)[C@@](C=O)(CC(=O)N(C)C)C1. The van der Waals surface area contributed by atoms with Crippen LogP contribution in [0.15, 0.2) is 24.3 Å². The Hall–Kier alpha value is -2.95. The molecule has 1 heterocycles. The number of aldehydes is 1. The van der Waals surface area contributed by atoms with Crippen LogP contribution in [0.1, 0.15) is 25.3 Å². The molecule has 1 aromatic carbocycles. The van der Waals surface area contributed by atoms with Gasteiger partial charge in [0.15, 0.2) is 5.12 Å². The Morgan fingerprint density at radius 2 is 1.97 bits per heavy atom. The summed E-state index contributed by atoms with van der Waals surface area (Å²) in [6, 6.07) is 5.52. The molecule has 10 nitrogen and oxygen atoms in total. The zero-order chi connectivity index (χ0) is 22.5. The third kappa shape index (κ3) is 5.56. The Labute approximate surface area is 177 Å². The van der Waals surface area contributed by atoms with Gasteiger partial charge in [-0.2, -0.15) is 0 Å². The minimum Gasteiger partial charge on any atom is -0.445 e. The topological polar surface area (TPSA) is 127 Å². The van der Waals surface area contributed by atoms with Crippen LogP contribution in [-0.2, 0) is 25.7 Å². The van der Waals surface area contributed by atoms with E-state index in [0.29, 0.717) is 11.8 Å². The van der Waals surface area contributed by atoms with Gasteiger partial charge < -0.3 is 14.4 Å². The molecule has 0 saturated carbocycles. The average Bonchev–Trinajstić information content (AvgIpc) is 3.03. The van der Waals surface area contributed by atoms with Crippen LogP contribution < -0.4 is 0 Å². The average molecular weight is 437 g/mol. The molecule has 0 radical (unpaired) electrons. The number of rotatable bonds is 7. The van der Waals surface area contributed by atoms with Gasteiger partial charge in [-0.05, 0) is 24.1 Å². The fourth-order valence-corrected chi connectivity index (χ4v) is 4.27. The van der Waals surface area contributed by atoms with Crippen molar-refractivity contribution in [3.8, 4) is 0 Å². The summed E-state index contributed by atoms with van der Waals surface area (Å²) in [6.45, 7) is 1.32. The van der Waals surface area contributed by atoms with E-state index in [4.69, 9.17) is 4.74 Å². The molecule has 0 N–H and O–H groups in total. The molecule has 30 heavy (non-hydrogen) atoms. The van der Waals surface area contributed by atoms with Crippen LogP contribution in [0.2, 0.25) is 0 Å². The van der Waals surface area contributed by atoms with E-state index in [1.54, 1.807) is 14.1 Å². The quantitative estimate of drug-likeness (QED) is 0.360. The first kappa shape index (κ1) is 23.3. The van der Waals surface area contributed by atoms with Crippen LogP contribution in [-0.4, -0.2) is 69.6 Å². The summed E-state index contributed by atoms with van der Waals surface area (Å²) in [4.78, 5) is 61.3. The lowest BCUT2D eigenvalue weighted by molar-refractivity contribution is -0.384. The summed E-state index contributed by atoms with van der Waals surface area (Å²) in [5.74, 6) is -0.330. The molecule has 162 valence electrons. The van der Waals surface area contributed by atoms with E-state index in [-0.39, 0.29) is 48.0 Å². The fraction of sp³-hybridized carbons (Fsp3) is 0.474. The molecule has 1 aliphatic rings. The second-order valence-electron chi connectivity index (χ2n) is 7.21. The third-order valence-corrected chi connectivity index (χ3v) is 5.72. The Bertz CT molecular complexity index is 843. The van der Waals surface area contributed by atoms with Gasteiger partial charge in [-0.3, -0.25) is 24.6 Å². The molecule has 1 fully saturated rings. The number of nitrogens with zero attached hydrogens (tertiary/aromatic N) is 3. The summed E-state index contributed by atoms with van der Waals surface area (Å²) >= 11 is 1.02. The lowest BCUT2D eigenvalue weighted by Crippen LogP contribution is -2.51. The van der Waals surface area contributed by atoms with Crippen LogP contribution in [0.3, 0.4) is 0 Å². The first-order chi connectivity index (χ1) is 14.1. The molecular weight excluding hydrogens is 414 g/mol. The summed E-state index contributed by atoms with van der Waals surface area (Å²) in [6.07, 6.45) is -0.279. The maximum Gasteiger partial charge on any atom is 0.410 e. The number of amides is 2. The second kappa shape index (κ2) is 9.70. The first-order valence-electron chi connectivity index (χ1n) is 9.09. The van der Waals surface area contributed by atoms with Crippen molar-refractivity contribution in [1.82, 2.24) is 9.80 Å². The highest BCUT2D eigenvalue weighted by atomic mass is 32.2. The van der Waals surface area contributed by atoms with Crippen LogP contribution in [0.25, 0.3) is 0 Å². The summed E-state index contributed by atoms with van der Waals surface area (Å²) < 4.78 is 5.30. The molecule has 2 atom stereocenters. The number of thioether (sulfide) groups is 1. The lowest BCUT2D eigenvalue weighted by atomic mass is 9.93. The zero-order valence-electron chi connectivity index (χ0n) is 16.9. The van der Waals surface area contributed by atoms with Crippen molar-refractivity contribution in [1.29, 1.82) is 0 Å². The van der Waals surface area contributed by atoms with Gasteiger partial charge in [-0.25, -0.2) is 4.79 Å². The number of ether oxygens (including phenoxy) is 1. The molecule has 0 aliphatic carbocycles. The molecule has 11 heteroatoms. The first-order valence-corrected chi connectivity index (χ1v) is 9.97. The monoisotopic (exact) mass is 437 g/mol. The maximum atomic E-state index is 12.8. The molecule has 1 saturated heterocycles. The van der Waals surface area contributed by atoms with Crippen LogP contribution in [0.4, 0.5) is 10.5 Å². The standard InChI is InChI=1S/C19H23N3O7S/c1-13(24)30-16-8-19(12-23,9-17(25)20(2)3)21(10-16)18(26)29-11-14-4-6-15(7-5-14)22(27)28/h4-7,12,16H,8-11H2,1-3H3/t16-,19+/m0/s1. The maximum absolute atomic E-state index is 12.8. The molecular formula is C19H23N3O7S. The number of non-ortho nitro benzene ring substituents is 1. The van der Waals surface area contributed by atoms with Gasteiger partial charge in [-0.15, -0.1) is 0 Å². The Morgan fingerprint density at radius 1 is 1.33 bits per heavy atom. The van der Waals surface area contributed by atoms with E-state index >= 15 is 0 Å². The third-order valence-electron chi connectivity index (χ3n) is 4.74. The number of carbonyl (C=O) groups is 4. The molecule has 0 bridgehead atoms. The van der Waals surface area contributed by atoms with Crippen molar-refractivity contribution in [2.24, 2.45) is 0 Å². The van der Waals surface area contributed by atoms with Crippen LogP contribution in [0.5, 0.6) is 0 Å². The fourth-order valence-electron chi connectivity index (χ4n) is 3.20. The van der Waals surface area contributed by atoms with Gasteiger partial charge in [0.05, 0.1) is 11.3 Å². The number of hydrogen-bond acceptors (Lipinski definition) is 8. The number of carbonyl (C=O) groups excluding carboxylic acids is 4. The van der Waals surface area contributed by atoms with Gasteiger partial charge >= 0.3 is 6.09 Å². The molecule has 2 amide bonds. The van der Waals surface area contributed by atoms with Crippen molar-refractivity contribution in [2.75, 3.05) is 20.6 Å². The van der Waals surface area contributed by atoms with E-state index in [1.807, 2.05) is 0 Å². The Kier molecular flexibility index (Phi) is 7.54. The highest BCUT2D eigenvalue weighted by molar-refractivity contribution is 8.14. The van der Waals surface area contributed by atoms with E-state index < -0.39 is 16.6 Å². The van der Waals surface area contributed by atoms with Crippen molar-refractivity contribution in [2.45, 2.75) is 37.2 Å². The summed E-state index contributed by atoms with van der Waals surface area (Å²) in [5.41, 5.74) is -0.958.